The number of rotatable bonds is 15. The number of carbonyl (C=O) groups excluding carboxylic acids is 3. The van der Waals surface area contributed by atoms with Gasteiger partial charge in [-0.05, 0) is 127 Å². The molecule has 0 aliphatic carbocycles. The van der Waals surface area contributed by atoms with Gasteiger partial charge >= 0.3 is 19.8 Å². The fourth-order valence-electron chi connectivity index (χ4n) is 9.02. The summed E-state index contributed by atoms with van der Waals surface area (Å²) >= 11 is 17.1. The Bertz CT molecular complexity index is 3510. The predicted octanol–water partition coefficient (Wildman–Crippen LogP) is 10.5. The van der Waals surface area contributed by atoms with Gasteiger partial charge in [-0.3, -0.25) is 14.4 Å². The average Bonchev–Trinajstić information content (AvgIpc) is 0.847. The molecule has 0 bridgehead atoms. The van der Waals surface area contributed by atoms with Crippen LogP contribution in [-0.4, -0.2) is 115 Å². The second-order valence-corrected chi connectivity index (χ2v) is 26.0. The van der Waals surface area contributed by atoms with E-state index in [4.69, 9.17) is 34.8 Å². The predicted molar refractivity (Wildman–Crippen MR) is 319 cm³/mol. The molecule has 3 fully saturated rings. The topological polar surface area (TPSA) is 263 Å². The summed E-state index contributed by atoms with van der Waals surface area (Å²) in [6, 6.07) is 21.5. The molecule has 494 valence electrons. The number of amides is 3. The summed E-state index contributed by atoms with van der Waals surface area (Å²) in [4.78, 5) is 38.2. The number of alkyl halides is 6. The van der Waals surface area contributed by atoms with Crippen LogP contribution in [0.15, 0.2) is 127 Å². The molecule has 3 amide bonds. The van der Waals surface area contributed by atoms with E-state index in [1.54, 1.807) is 0 Å². The van der Waals surface area contributed by atoms with Crippen LogP contribution in [0.2, 0.25) is 15.1 Å². The van der Waals surface area contributed by atoms with E-state index < -0.39 is 122 Å². The minimum atomic E-state index is -4.00. The SMILES string of the molecule is C.CN1C(C(=O)Nc2ccc(F)c(Cl)c2)CC(c2ccc(OC(F)F)cc2)NS1(=O)=O.CN1C(C(=O)Nc2ccc(F)c(Cl)c2)CC(c2ccc(OC(F)F)cc2)NS1(=O)=O.CN1C(C(=O)Nc2ccc(F)c(Cl)c2)C[C@@H](c2ccc(OC(F)F)cc2)NS1(=O)=O. The summed E-state index contributed by atoms with van der Waals surface area (Å²) in [5, 5.41) is 7.00. The van der Waals surface area contributed by atoms with E-state index in [1.165, 1.54) is 130 Å². The van der Waals surface area contributed by atoms with E-state index in [2.05, 4.69) is 44.3 Å². The fourth-order valence-corrected chi connectivity index (χ4v) is 13.4. The summed E-state index contributed by atoms with van der Waals surface area (Å²) in [6.45, 7) is -8.94. The molecule has 36 heteroatoms. The maximum atomic E-state index is 13.3. The zero-order chi connectivity index (χ0) is 66.2. The summed E-state index contributed by atoms with van der Waals surface area (Å²) < 4.78 is 211. The molecule has 6 N–H and O–H groups in total. The lowest BCUT2D eigenvalue weighted by Crippen LogP contribution is -2.55. The van der Waals surface area contributed by atoms with Crippen molar-refractivity contribution in [2.24, 2.45) is 0 Å². The molecule has 21 nitrogen and oxygen atoms in total. The Morgan fingerprint density at radius 2 is 0.648 bits per heavy atom. The number of ether oxygens (including phenoxy) is 3. The molecule has 0 radical (unpaired) electrons. The highest BCUT2D eigenvalue weighted by molar-refractivity contribution is 7.87. The molecule has 6 aromatic carbocycles. The Morgan fingerprint density at radius 1 is 0.429 bits per heavy atom. The average molecular weight is 1410 g/mol. The van der Waals surface area contributed by atoms with Gasteiger partial charge in [-0.1, -0.05) is 78.6 Å². The van der Waals surface area contributed by atoms with Crippen molar-refractivity contribution in [3.05, 3.63) is 177 Å². The lowest BCUT2D eigenvalue weighted by atomic mass is 9.99. The standard InChI is InChI=1S/3C18H17ClF3N3O4S.CH4/c3*1-25-16(17(26)23-11-4-7-14(20)13(19)8-11)9-15(24-30(25,27)28)10-2-5-12(6-3-10)29-18(21)22;/h3*2-8,15-16,18,24H,9H2,1H3,(H,23,26);1H4/t15-,16?;;;/m0.../s1. The van der Waals surface area contributed by atoms with Gasteiger partial charge in [-0.2, -0.15) is 78.7 Å². The zero-order valence-corrected chi connectivity index (χ0v) is 51.2. The van der Waals surface area contributed by atoms with Crippen LogP contribution in [0.1, 0.15) is 61.5 Å². The Morgan fingerprint density at radius 3 is 0.846 bits per heavy atom. The van der Waals surface area contributed by atoms with Gasteiger partial charge in [-0.15, -0.1) is 0 Å². The van der Waals surface area contributed by atoms with Crippen LogP contribution in [0.5, 0.6) is 17.2 Å². The molecule has 0 aromatic heterocycles. The van der Waals surface area contributed by atoms with Crippen LogP contribution in [-0.2, 0) is 45.0 Å². The molecule has 0 spiro atoms. The monoisotopic (exact) mass is 1410 g/mol. The molecule has 9 rings (SSSR count). The minimum absolute atomic E-state index is 0. The van der Waals surface area contributed by atoms with Crippen molar-refractivity contribution in [2.45, 2.75) is 82.8 Å². The van der Waals surface area contributed by atoms with Gasteiger partial charge in [0.1, 0.15) is 52.8 Å². The first-order chi connectivity index (χ1) is 42.2. The van der Waals surface area contributed by atoms with E-state index in [9.17, 15) is 79.2 Å². The molecule has 3 aliphatic rings. The quantitative estimate of drug-likeness (QED) is 0.0525. The lowest BCUT2D eigenvalue weighted by molar-refractivity contribution is -0.120. The maximum absolute atomic E-state index is 13.3. The third kappa shape index (κ3) is 19.5. The first-order valence-electron chi connectivity index (χ1n) is 25.9. The molecule has 3 aliphatic heterocycles. The van der Waals surface area contributed by atoms with E-state index in [-0.39, 0.29) is 76.1 Å². The number of hydrogen-bond acceptors (Lipinski definition) is 12. The number of likely N-dealkylation sites (N-methyl/N-ethyl adjacent to an activating group) is 3. The Hall–Kier alpha value is -7.02. The number of carbonyl (C=O) groups is 3. The van der Waals surface area contributed by atoms with Gasteiger partial charge in [0.15, 0.2) is 0 Å². The van der Waals surface area contributed by atoms with E-state index >= 15 is 0 Å². The highest BCUT2D eigenvalue weighted by Gasteiger charge is 2.43. The van der Waals surface area contributed by atoms with Crippen LogP contribution in [0.25, 0.3) is 0 Å². The van der Waals surface area contributed by atoms with Gasteiger partial charge in [0.05, 0.1) is 15.1 Å². The molecule has 6 aromatic rings. The van der Waals surface area contributed by atoms with E-state index in [0.29, 0.717) is 16.7 Å². The van der Waals surface area contributed by atoms with Crippen LogP contribution < -0.4 is 44.3 Å². The number of nitrogens with one attached hydrogen (secondary N) is 6. The van der Waals surface area contributed by atoms with Crippen LogP contribution in [0.4, 0.5) is 56.6 Å². The van der Waals surface area contributed by atoms with Crippen molar-refractivity contribution in [3.8, 4) is 17.2 Å². The van der Waals surface area contributed by atoms with Crippen molar-refractivity contribution in [2.75, 3.05) is 37.1 Å². The molecule has 91 heavy (non-hydrogen) atoms. The number of halogens is 12. The van der Waals surface area contributed by atoms with Crippen molar-refractivity contribution in [1.82, 2.24) is 27.1 Å². The van der Waals surface area contributed by atoms with Gasteiger partial charge in [-0.25, -0.2) is 13.2 Å². The maximum Gasteiger partial charge on any atom is 0.387 e. The summed E-state index contributed by atoms with van der Waals surface area (Å²) in [5.41, 5.74) is 2.03. The molecular weight excluding hydrogens is 1350 g/mol. The number of benzene rings is 6. The smallest absolute Gasteiger partial charge is 0.387 e. The van der Waals surface area contributed by atoms with E-state index in [0.717, 1.165) is 31.1 Å². The van der Waals surface area contributed by atoms with Gasteiger partial charge in [0.2, 0.25) is 17.7 Å². The lowest BCUT2D eigenvalue weighted by Gasteiger charge is -2.36. The van der Waals surface area contributed by atoms with E-state index in [1.807, 2.05) is 0 Å². The largest absolute Gasteiger partial charge is 0.435 e. The minimum Gasteiger partial charge on any atom is -0.435 e. The molecule has 3 saturated heterocycles. The fraction of sp³-hybridized carbons (Fsp3) is 0.291. The Kier molecular flexibility index (Phi) is 24.9. The number of hydrogen-bond donors (Lipinski definition) is 6. The highest BCUT2D eigenvalue weighted by atomic mass is 35.5. The zero-order valence-electron chi connectivity index (χ0n) is 46.4. The van der Waals surface area contributed by atoms with Crippen LogP contribution in [0, 0.1) is 17.5 Å². The summed E-state index contributed by atoms with van der Waals surface area (Å²) in [5.74, 6) is -4.10. The molecule has 0 saturated carbocycles. The van der Waals surface area contributed by atoms with Gasteiger partial charge in [0.25, 0.3) is 30.6 Å². The molecule has 6 atom stereocenters. The molecule has 3 heterocycles. The number of nitrogens with zero attached hydrogens (tertiary/aromatic N) is 3. The first kappa shape index (κ1) is 73.0. The third-order valence-electron chi connectivity index (χ3n) is 13.7. The highest BCUT2D eigenvalue weighted by Crippen LogP contribution is 2.34. The Balaban J connectivity index is 0.000000216. The van der Waals surface area contributed by atoms with Crippen molar-refractivity contribution in [1.29, 1.82) is 0 Å². The summed E-state index contributed by atoms with van der Waals surface area (Å²) in [7, 11) is -8.26. The third-order valence-corrected chi connectivity index (χ3v) is 19.4. The van der Waals surface area contributed by atoms with Crippen molar-refractivity contribution in [3.63, 3.8) is 0 Å². The van der Waals surface area contributed by atoms with Crippen molar-refractivity contribution >= 4 is 100 Å². The molecule has 5 unspecified atom stereocenters. The summed E-state index contributed by atoms with van der Waals surface area (Å²) in [6.07, 6.45) is 0.183. The second-order valence-electron chi connectivity index (χ2n) is 19.5. The Labute approximate surface area is 531 Å². The second kappa shape index (κ2) is 31.1. The van der Waals surface area contributed by atoms with Crippen LogP contribution >= 0.6 is 34.8 Å². The molecular formula is C55H55Cl3F9N9O12S3. The van der Waals surface area contributed by atoms with Gasteiger partial charge < -0.3 is 30.2 Å². The van der Waals surface area contributed by atoms with Gasteiger partial charge in [0, 0.05) is 56.3 Å². The normalized spacial score (nSPS) is 21.2. The van der Waals surface area contributed by atoms with Crippen LogP contribution in [0.3, 0.4) is 0 Å². The first-order valence-corrected chi connectivity index (χ1v) is 31.3. The number of anilines is 3. The van der Waals surface area contributed by atoms with Crippen molar-refractivity contribution < 1.29 is 93.4 Å².